The van der Waals surface area contributed by atoms with Crippen LogP contribution >= 0.6 is 0 Å². The van der Waals surface area contributed by atoms with Crippen molar-refractivity contribution in [1.29, 1.82) is 0 Å². The normalized spacial score (nSPS) is 17.8. The number of benzene rings is 1. The molecule has 1 aliphatic rings. The van der Waals surface area contributed by atoms with E-state index in [9.17, 15) is 4.79 Å². The number of amides is 1. The molecule has 3 aromatic rings. The lowest BCUT2D eigenvalue weighted by molar-refractivity contribution is -0.132. The Morgan fingerprint density at radius 1 is 1.07 bits per heavy atom. The number of pyridine rings is 1. The van der Waals surface area contributed by atoms with Gasteiger partial charge in [0.15, 0.2) is 0 Å². The van der Waals surface area contributed by atoms with Crippen molar-refractivity contribution in [2.24, 2.45) is 0 Å². The van der Waals surface area contributed by atoms with Gasteiger partial charge in [-0.05, 0) is 24.1 Å². The summed E-state index contributed by atoms with van der Waals surface area (Å²) in [5, 5.41) is 0. The van der Waals surface area contributed by atoms with Gasteiger partial charge in [0, 0.05) is 50.5 Å². The van der Waals surface area contributed by atoms with E-state index < -0.39 is 0 Å². The van der Waals surface area contributed by atoms with Gasteiger partial charge in [-0.25, -0.2) is 4.98 Å². The number of hydrogen-bond acceptors (Lipinski definition) is 5. The predicted octanol–water partition coefficient (Wildman–Crippen LogP) is 2.54. The molecule has 156 valence electrons. The smallest absolute Gasteiger partial charge is 0.237 e. The highest BCUT2D eigenvalue weighted by Crippen LogP contribution is 2.15. The Balaban J connectivity index is 1.48. The molecule has 3 heterocycles. The lowest BCUT2D eigenvalue weighted by atomic mass is 10.2. The van der Waals surface area contributed by atoms with Crippen molar-refractivity contribution < 1.29 is 9.53 Å². The number of ether oxygens (including phenoxy) is 1. The molecule has 7 heteroatoms. The van der Waals surface area contributed by atoms with Gasteiger partial charge >= 0.3 is 0 Å². The van der Waals surface area contributed by atoms with Gasteiger partial charge in [-0.15, -0.1) is 0 Å². The highest BCUT2D eigenvalue weighted by atomic mass is 16.5. The van der Waals surface area contributed by atoms with Crippen LogP contribution in [0.2, 0.25) is 0 Å². The highest BCUT2D eigenvalue weighted by Gasteiger charge is 2.28. The molecule has 1 aromatic carbocycles. The molecular formula is C23H27N5O2. The topological polar surface area (TPSA) is 74.3 Å². The van der Waals surface area contributed by atoms with E-state index >= 15 is 0 Å². The number of rotatable bonds is 7. The Labute approximate surface area is 176 Å². The first-order chi connectivity index (χ1) is 14.7. The number of aromatic amines is 1. The van der Waals surface area contributed by atoms with Crippen molar-refractivity contribution in [3.63, 3.8) is 0 Å². The van der Waals surface area contributed by atoms with Crippen LogP contribution in [0.4, 0.5) is 0 Å². The van der Waals surface area contributed by atoms with Gasteiger partial charge in [0.05, 0.1) is 19.3 Å². The molecule has 7 nitrogen and oxygen atoms in total. The largest absolute Gasteiger partial charge is 0.370 e. The molecule has 1 aliphatic heterocycles. The summed E-state index contributed by atoms with van der Waals surface area (Å²) in [7, 11) is 0. The fraction of sp³-hybridized carbons (Fsp3) is 0.348. The number of carbonyl (C=O) groups excluding carboxylic acids is 1. The number of hydrogen-bond donors (Lipinski definition) is 1. The zero-order valence-corrected chi connectivity index (χ0v) is 17.2. The van der Waals surface area contributed by atoms with Crippen LogP contribution in [0.5, 0.6) is 0 Å². The second kappa shape index (κ2) is 9.65. The van der Waals surface area contributed by atoms with Crippen LogP contribution in [0.15, 0.2) is 61.1 Å². The Hall–Kier alpha value is -3.03. The maximum absolute atomic E-state index is 13.0. The summed E-state index contributed by atoms with van der Waals surface area (Å²) in [6.45, 7) is 5.21. The first kappa shape index (κ1) is 20.3. The van der Waals surface area contributed by atoms with Gasteiger partial charge in [-0.3, -0.25) is 14.7 Å². The quantitative estimate of drug-likeness (QED) is 0.654. The highest BCUT2D eigenvalue weighted by molar-refractivity contribution is 5.78. The van der Waals surface area contributed by atoms with E-state index in [2.05, 4.69) is 32.0 Å². The minimum atomic E-state index is -0.0858. The molecule has 1 fully saturated rings. The first-order valence-electron chi connectivity index (χ1n) is 10.2. The third kappa shape index (κ3) is 5.52. The number of nitrogens with one attached hydrogen (secondary N) is 1. The molecule has 0 bridgehead atoms. The Morgan fingerprint density at radius 2 is 1.90 bits per heavy atom. The van der Waals surface area contributed by atoms with Crippen molar-refractivity contribution in [2.45, 2.75) is 32.7 Å². The van der Waals surface area contributed by atoms with Crippen LogP contribution in [0.1, 0.15) is 22.6 Å². The SMILES string of the molecule is Cc1ncc(CN2CC(=O)N(Cc3cccnc3)C[C@H](OCc3ccccc3)C2)[nH]1. The van der Waals surface area contributed by atoms with E-state index in [4.69, 9.17) is 4.74 Å². The first-order valence-corrected chi connectivity index (χ1v) is 10.2. The van der Waals surface area contributed by atoms with E-state index in [1.54, 1.807) is 6.20 Å². The van der Waals surface area contributed by atoms with E-state index in [0.29, 0.717) is 39.3 Å². The third-order valence-corrected chi connectivity index (χ3v) is 5.17. The minimum Gasteiger partial charge on any atom is -0.370 e. The average molecular weight is 406 g/mol. The van der Waals surface area contributed by atoms with Gasteiger partial charge in [-0.2, -0.15) is 0 Å². The summed E-state index contributed by atoms with van der Waals surface area (Å²) >= 11 is 0. The molecule has 1 saturated heterocycles. The predicted molar refractivity (Wildman–Crippen MR) is 113 cm³/mol. The molecule has 1 N–H and O–H groups in total. The van der Waals surface area contributed by atoms with Crippen molar-refractivity contribution >= 4 is 5.91 Å². The summed E-state index contributed by atoms with van der Waals surface area (Å²) in [5.41, 5.74) is 3.15. The molecule has 0 unspecified atom stereocenters. The number of H-pyrrole nitrogens is 1. The summed E-state index contributed by atoms with van der Waals surface area (Å²) in [4.78, 5) is 28.7. The lowest BCUT2D eigenvalue weighted by Crippen LogP contribution is -2.37. The van der Waals surface area contributed by atoms with Crippen LogP contribution in [0.25, 0.3) is 0 Å². The van der Waals surface area contributed by atoms with Crippen LogP contribution in [-0.2, 0) is 29.2 Å². The van der Waals surface area contributed by atoms with Gasteiger partial charge < -0.3 is 14.6 Å². The molecule has 30 heavy (non-hydrogen) atoms. The molecule has 0 spiro atoms. The summed E-state index contributed by atoms with van der Waals surface area (Å²) < 4.78 is 6.26. The number of aryl methyl sites for hydroxylation is 1. The summed E-state index contributed by atoms with van der Waals surface area (Å²) in [6.07, 6.45) is 5.30. The van der Waals surface area contributed by atoms with Gasteiger partial charge in [-0.1, -0.05) is 36.4 Å². The van der Waals surface area contributed by atoms with Gasteiger partial charge in [0.2, 0.25) is 5.91 Å². The number of carbonyl (C=O) groups is 1. The van der Waals surface area contributed by atoms with Crippen molar-refractivity contribution in [3.8, 4) is 0 Å². The van der Waals surface area contributed by atoms with E-state index in [1.807, 2.05) is 54.5 Å². The van der Waals surface area contributed by atoms with Crippen molar-refractivity contribution in [3.05, 3.63) is 83.7 Å². The maximum Gasteiger partial charge on any atom is 0.237 e. The number of aromatic nitrogens is 3. The van der Waals surface area contributed by atoms with E-state index in [-0.39, 0.29) is 12.0 Å². The lowest BCUT2D eigenvalue weighted by Gasteiger charge is -2.25. The summed E-state index contributed by atoms with van der Waals surface area (Å²) in [6, 6.07) is 14.0. The number of imidazole rings is 1. The molecule has 4 rings (SSSR count). The van der Waals surface area contributed by atoms with Crippen LogP contribution in [0.3, 0.4) is 0 Å². The van der Waals surface area contributed by atoms with Crippen molar-refractivity contribution in [2.75, 3.05) is 19.6 Å². The van der Waals surface area contributed by atoms with E-state index in [0.717, 1.165) is 22.6 Å². The molecule has 1 amide bonds. The molecule has 2 aromatic heterocycles. The second-order valence-corrected chi connectivity index (χ2v) is 7.72. The molecular weight excluding hydrogens is 378 g/mol. The Kier molecular flexibility index (Phi) is 6.51. The van der Waals surface area contributed by atoms with Crippen LogP contribution in [-0.4, -0.2) is 56.4 Å². The minimum absolute atomic E-state index is 0.0858. The molecule has 0 saturated carbocycles. The average Bonchev–Trinajstić information content (AvgIpc) is 3.10. The molecule has 0 radical (unpaired) electrons. The number of nitrogens with zero attached hydrogens (tertiary/aromatic N) is 4. The second-order valence-electron chi connectivity index (χ2n) is 7.72. The Bertz CT molecular complexity index is 944. The molecule has 0 aliphatic carbocycles. The maximum atomic E-state index is 13.0. The fourth-order valence-electron chi connectivity index (χ4n) is 3.72. The van der Waals surface area contributed by atoms with Crippen LogP contribution in [0, 0.1) is 6.92 Å². The van der Waals surface area contributed by atoms with E-state index in [1.165, 1.54) is 0 Å². The van der Waals surface area contributed by atoms with Gasteiger partial charge in [0.1, 0.15) is 5.82 Å². The van der Waals surface area contributed by atoms with Gasteiger partial charge in [0.25, 0.3) is 0 Å². The monoisotopic (exact) mass is 405 g/mol. The van der Waals surface area contributed by atoms with Crippen LogP contribution < -0.4 is 0 Å². The Morgan fingerprint density at radius 3 is 2.63 bits per heavy atom. The molecule has 1 atom stereocenters. The van der Waals surface area contributed by atoms with Crippen molar-refractivity contribution in [1.82, 2.24) is 24.8 Å². The summed E-state index contributed by atoms with van der Waals surface area (Å²) in [5.74, 6) is 0.974. The zero-order chi connectivity index (χ0) is 20.8. The third-order valence-electron chi connectivity index (χ3n) is 5.17. The zero-order valence-electron chi connectivity index (χ0n) is 17.2. The standard InChI is InChI=1S/C23H27N5O2/c1-18-25-11-21(26-18)13-27-14-22(30-17-19-6-3-2-4-7-19)15-28(23(29)16-27)12-20-8-5-9-24-10-20/h2-11,22H,12-17H2,1H3,(H,25,26)/t22-/m1/s1. The fourth-order valence-corrected chi connectivity index (χ4v) is 3.72.